The number of hydrogen-bond donors (Lipinski definition) is 0. The summed E-state index contributed by atoms with van der Waals surface area (Å²) in [6.07, 6.45) is 1.71. The van der Waals surface area contributed by atoms with E-state index in [1.165, 1.54) is 0 Å². The van der Waals surface area contributed by atoms with E-state index in [9.17, 15) is 26.3 Å². The second kappa shape index (κ2) is 10.7. The highest BCUT2D eigenvalue weighted by atomic mass is 15.0. The maximum atomic E-state index is 10.0. The first-order chi connectivity index (χ1) is 23.6. The van der Waals surface area contributed by atoms with Crippen molar-refractivity contribution in [1.82, 2.24) is 14.1 Å². The van der Waals surface area contributed by atoms with Gasteiger partial charge in [-0.25, -0.2) is 0 Å². The molecule has 8 rings (SSSR count). The second-order valence-electron chi connectivity index (χ2n) is 11.3. The Bertz CT molecular complexity index is 2760. The number of fused-ring (bicyclic) bond motifs is 6. The van der Waals surface area contributed by atoms with Crippen LogP contribution in [0.15, 0.2) is 109 Å². The van der Waals surface area contributed by atoms with Crippen molar-refractivity contribution in [1.29, 1.82) is 26.3 Å². The van der Waals surface area contributed by atoms with Crippen molar-refractivity contribution in [2.75, 3.05) is 0 Å². The van der Waals surface area contributed by atoms with E-state index in [1.807, 2.05) is 72.8 Å². The highest BCUT2D eigenvalue weighted by molar-refractivity contribution is 6.12. The van der Waals surface area contributed by atoms with E-state index in [1.54, 1.807) is 36.5 Å². The number of rotatable bonds is 3. The smallest absolute Gasteiger partial charge is 0.0991 e. The molecule has 0 amide bonds. The van der Waals surface area contributed by atoms with Crippen LogP contribution in [-0.4, -0.2) is 14.1 Å². The van der Waals surface area contributed by atoms with Crippen LogP contribution in [0, 0.1) is 56.7 Å². The summed E-state index contributed by atoms with van der Waals surface area (Å²) in [6.45, 7) is 0. The van der Waals surface area contributed by atoms with E-state index in [0.717, 1.165) is 55.0 Å². The molecule has 48 heavy (non-hydrogen) atoms. The third-order valence-electron chi connectivity index (χ3n) is 8.70. The molecule has 0 aliphatic heterocycles. The quantitative estimate of drug-likeness (QED) is 0.197. The van der Waals surface area contributed by atoms with Crippen LogP contribution < -0.4 is 0 Å². The fraction of sp³-hybridized carbons (Fsp3) is 0. The van der Waals surface area contributed by atoms with Gasteiger partial charge in [-0.1, -0.05) is 0 Å². The first-order valence-electron chi connectivity index (χ1n) is 14.8. The molecule has 0 saturated carbocycles. The lowest BCUT2D eigenvalue weighted by atomic mass is 10.0. The van der Waals surface area contributed by atoms with Crippen LogP contribution in [0.25, 0.3) is 66.2 Å². The molecule has 0 fully saturated rings. The Balaban J connectivity index is 1.48. The third kappa shape index (κ3) is 4.08. The van der Waals surface area contributed by atoms with Gasteiger partial charge >= 0.3 is 0 Å². The minimum absolute atomic E-state index is 0.448. The summed E-state index contributed by atoms with van der Waals surface area (Å²) in [7, 11) is 0. The zero-order valence-electron chi connectivity index (χ0n) is 25.0. The summed E-state index contributed by atoms with van der Waals surface area (Å²) in [5, 5.41) is 52.1. The molecule has 3 heterocycles. The normalized spacial score (nSPS) is 10.8. The van der Waals surface area contributed by atoms with E-state index in [0.29, 0.717) is 39.1 Å². The lowest BCUT2D eigenvalue weighted by Crippen LogP contribution is -2.03. The van der Waals surface area contributed by atoms with Gasteiger partial charge in [-0.2, -0.15) is 26.3 Å². The van der Waals surface area contributed by atoms with Crippen LogP contribution in [0.4, 0.5) is 0 Å². The molecule has 0 atom stereocenters. The van der Waals surface area contributed by atoms with E-state index in [4.69, 9.17) is 4.98 Å². The fourth-order valence-electron chi connectivity index (χ4n) is 6.62. The zero-order chi connectivity index (χ0) is 32.9. The average molecular weight is 611 g/mol. The Labute approximate surface area is 273 Å². The SMILES string of the molecule is N#Cc1ccc(-n2c3ccc(C#N)cc3c3cc(C#N)ccc32)c(-c2ncccc2-n2c3ccc(C#N)cc3c3cc(C#N)ccc32)c1. The van der Waals surface area contributed by atoms with Gasteiger partial charge in [0.15, 0.2) is 0 Å². The molecule has 0 radical (unpaired) electrons. The molecule has 0 aliphatic rings. The largest absolute Gasteiger partial charge is 0.309 e. The molecular formula is C40H18N8. The van der Waals surface area contributed by atoms with Gasteiger partial charge in [0, 0.05) is 33.3 Å². The third-order valence-corrected chi connectivity index (χ3v) is 8.70. The number of benzene rings is 5. The summed E-state index contributed by atoms with van der Waals surface area (Å²) >= 11 is 0. The summed E-state index contributed by atoms with van der Waals surface area (Å²) in [6, 6.07) is 42.4. The van der Waals surface area contributed by atoms with Crippen molar-refractivity contribution in [3.63, 3.8) is 0 Å². The summed E-state index contributed by atoms with van der Waals surface area (Å²) in [4.78, 5) is 4.91. The summed E-state index contributed by atoms with van der Waals surface area (Å²) in [5.41, 5.74) is 8.56. The Morgan fingerprint density at radius 3 is 1.21 bits per heavy atom. The van der Waals surface area contributed by atoms with Gasteiger partial charge in [0.05, 0.1) is 97.3 Å². The van der Waals surface area contributed by atoms with Crippen LogP contribution in [-0.2, 0) is 0 Å². The minimum atomic E-state index is 0.448. The summed E-state index contributed by atoms with van der Waals surface area (Å²) in [5.74, 6) is 0. The van der Waals surface area contributed by atoms with Gasteiger partial charge in [0.2, 0.25) is 0 Å². The lowest BCUT2D eigenvalue weighted by molar-refractivity contribution is 1.13. The Morgan fingerprint density at radius 1 is 0.417 bits per heavy atom. The Morgan fingerprint density at radius 2 is 0.792 bits per heavy atom. The molecule has 0 unspecified atom stereocenters. The topological polar surface area (TPSA) is 142 Å². The zero-order valence-corrected chi connectivity index (χ0v) is 25.0. The van der Waals surface area contributed by atoms with Crippen molar-refractivity contribution in [3.05, 3.63) is 137 Å². The molecule has 8 nitrogen and oxygen atoms in total. The van der Waals surface area contributed by atoms with E-state index >= 15 is 0 Å². The van der Waals surface area contributed by atoms with E-state index < -0.39 is 0 Å². The summed E-state index contributed by atoms with van der Waals surface area (Å²) < 4.78 is 4.15. The van der Waals surface area contributed by atoms with Crippen molar-refractivity contribution in [2.45, 2.75) is 0 Å². The maximum Gasteiger partial charge on any atom is 0.0991 e. The van der Waals surface area contributed by atoms with Crippen LogP contribution in [0.1, 0.15) is 27.8 Å². The monoisotopic (exact) mass is 610 g/mol. The first kappa shape index (κ1) is 27.8. The minimum Gasteiger partial charge on any atom is -0.309 e. The maximum absolute atomic E-state index is 10.0. The molecule has 8 heteroatoms. The van der Waals surface area contributed by atoms with Gasteiger partial charge < -0.3 is 9.13 Å². The average Bonchev–Trinajstić information content (AvgIpc) is 3.65. The van der Waals surface area contributed by atoms with Gasteiger partial charge in [-0.3, -0.25) is 4.98 Å². The van der Waals surface area contributed by atoms with Crippen molar-refractivity contribution in [3.8, 4) is 53.0 Å². The molecule has 0 N–H and O–H groups in total. The van der Waals surface area contributed by atoms with Gasteiger partial charge in [0.1, 0.15) is 0 Å². The Kier molecular flexibility index (Phi) is 6.22. The molecular weight excluding hydrogens is 592 g/mol. The number of nitriles is 5. The van der Waals surface area contributed by atoms with Crippen LogP contribution >= 0.6 is 0 Å². The number of pyridine rings is 1. The predicted octanol–water partition coefficient (Wildman–Crippen LogP) is 8.30. The molecule has 218 valence electrons. The van der Waals surface area contributed by atoms with Gasteiger partial charge in [0.25, 0.3) is 0 Å². The molecule has 0 saturated heterocycles. The number of hydrogen-bond acceptors (Lipinski definition) is 6. The van der Waals surface area contributed by atoms with Crippen molar-refractivity contribution in [2.24, 2.45) is 0 Å². The molecule has 0 aliphatic carbocycles. The molecule has 0 spiro atoms. The van der Waals surface area contributed by atoms with Gasteiger partial charge in [-0.15, -0.1) is 0 Å². The molecule has 3 aromatic heterocycles. The molecule has 8 aromatic rings. The number of aromatic nitrogens is 3. The van der Waals surface area contributed by atoms with E-state index in [2.05, 4.69) is 39.5 Å². The second-order valence-corrected chi connectivity index (χ2v) is 11.3. The van der Waals surface area contributed by atoms with Crippen LogP contribution in [0.2, 0.25) is 0 Å². The number of nitrogens with zero attached hydrogens (tertiary/aromatic N) is 8. The Hall–Kier alpha value is -7.70. The molecule has 5 aromatic carbocycles. The van der Waals surface area contributed by atoms with Crippen molar-refractivity contribution >= 4 is 43.6 Å². The van der Waals surface area contributed by atoms with Crippen LogP contribution in [0.3, 0.4) is 0 Å². The van der Waals surface area contributed by atoms with Crippen molar-refractivity contribution < 1.29 is 0 Å². The lowest BCUT2D eigenvalue weighted by Gasteiger charge is -2.18. The van der Waals surface area contributed by atoms with E-state index in [-0.39, 0.29) is 0 Å². The first-order valence-corrected chi connectivity index (χ1v) is 14.8. The highest BCUT2D eigenvalue weighted by Crippen LogP contribution is 2.41. The highest BCUT2D eigenvalue weighted by Gasteiger charge is 2.22. The predicted molar refractivity (Wildman–Crippen MR) is 182 cm³/mol. The van der Waals surface area contributed by atoms with Crippen LogP contribution in [0.5, 0.6) is 0 Å². The molecule has 0 bridgehead atoms. The van der Waals surface area contributed by atoms with Gasteiger partial charge in [-0.05, 0) is 103 Å². The fourth-order valence-corrected chi connectivity index (χ4v) is 6.62. The standard InChI is InChI=1S/C40H18N8/c41-19-24-3-8-34-29(14-24)30-15-25(20-42)4-9-35(30)47(34)38-12-7-28(23-45)18-33(38)40-39(2-1-13-46-40)48-36-10-5-26(21-43)16-31(36)32-17-27(22-44)6-11-37(32)48/h1-18H.